The molecule has 0 atom stereocenters. The Hall–Kier alpha value is -3.45. The van der Waals surface area contributed by atoms with Crippen LogP contribution in [0.5, 0.6) is 0 Å². The number of fused-ring (bicyclic) bond motifs is 2. The van der Waals surface area contributed by atoms with Gasteiger partial charge in [0.1, 0.15) is 0 Å². The minimum Gasteiger partial charge on any atom is -0.153 e. The first kappa shape index (κ1) is 17.6. The zero-order valence-corrected chi connectivity index (χ0v) is 17.1. The summed E-state index contributed by atoms with van der Waals surface area (Å²) in [7, 11) is 0. The van der Waals surface area contributed by atoms with Gasteiger partial charge in [0.05, 0.1) is 10.8 Å². The van der Waals surface area contributed by atoms with Gasteiger partial charge in [0, 0.05) is 29.8 Å². The Labute approximate surface area is 171 Å². The molecule has 0 aliphatic heterocycles. The van der Waals surface area contributed by atoms with Crippen LogP contribution in [0.2, 0.25) is 0 Å². The summed E-state index contributed by atoms with van der Waals surface area (Å²) < 4.78 is 2.38. The van der Waals surface area contributed by atoms with E-state index in [0.717, 1.165) is 0 Å². The molecule has 29 heavy (non-hydrogen) atoms. The van der Waals surface area contributed by atoms with Crippen LogP contribution in [0.4, 0.5) is 0 Å². The molecule has 140 valence electrons. The molecule has 5 rings (SSSR count). The second kappa shape index (κ2) is 6.86. The summed E-state index contributed by atoms with van der Waals surface area (Å²) in [4.78, 5) is 0. The van der Waals surface area contributed by atoms with Gasteiger partial charge in [-0.25, -0.2) is 0 Å². The molecular weight excluding hydrogens is 350 g/mol. The van der Waals surface area contributed by atoms with E-state index in [1.54, 1.807) is 0 Å². The lowest BCUT2D eigenvalue weighted by molar-refractivity contribution is -0.537. The van der Waals surface area contributed by atoms with Gasteiger partial charge in [0.25, 0.3) is 0 Å². The number of para-hydroxylation sites is 3. The van der Waals surface area contributed by atoms with Crippen LogP contribution in [0, 0.1) is 20.8 Å². The first-order valence-corrected chi connectivity index (χ1v) is 10.1. The fourth-order valence-corrected chi connectivity index (χ4v) is 4.73. The summed E-state index contributed by atoms with van der Waals surface area (Å²) in [6, 6.07) is 32.8. The number of aryl methyl sites for hydroxylation is 3. The number of nitrogens with zero attached hydrogens (tertiary/aromatic N) is 1. The molecule has 1 heteroatoms. The van der Waals surface area contributed by atoms with Crippen molar-refractivity contribution < 1.29 is 4.57 Å². The van der Waals surface area contributed by atoms with Crippen molar-refractivity contribution in [2.45, 2.75) is 20.8 Å². The minimum atomic E-state index is 1.18. The number of hydrogen-bond acceptors (Lipinski definition) is 0. The molecule has 4 aromatic carbocycles. The van der Waals surface area contributed by atoms with E-state index in [1.807, 2.05) is 0 Å². The van der Waals surface area contributed by atoms with Gasteiger partial charge in [-0.15, -0.1) is 0 Å². The molecule has 1 heterocycles. The molecule has 1 aromatic heterocycles. The summed E-state index contributed by atoms with van der Waals surface area (Å²) in [5.74, 6) is 0. The Morgan fingerprint density at radius 2 is 1.00 bits per heavy atom. The van der Waals surface area contributed by atoms with E-state index in [2.05, 4.69) is 116 Å². The van der Waals surface area contributed by atoms with E-state index in [1.165, 1.54) is 55.3 Å². The molecule has 0 saturated carbocycles. The second-order valence-corrected chi connectivity index (χ2v) is 7.85. The van der Waals surface area contributed by atoms with Crippen LogP contribution < -0.4 is 4.57 Å². The van der Waals surface area contributed by atoms with E-state index in [4.69, 9.17) is 0 Å². The fraction of sp³-hybridized carbons (Fsp3) is 0.107. The van der Waals surface area contributed by atoms with Crippen LogP contribution in [-0.4, -0.2) is 0 Å². The van der Waals surface area contributed by atoms with Crippen molar-refractivity contribution in [3.05, 3.63) is 108 Å². The van der Waals surface area contributed by atoms with Gasteiger partial charge in [-0.05, 0) is 49.6 Å². The van der Waals surface area contributed by atoms with E-state index >= 15 is 0 Å². The Balaban J connectivity index is 2.03. The number of rotatable bonds is 2. The highest BCUT2D eigenvalue weighted by molar-refractivity contribution is 6.08. The van der Waals surface area contributed by atoms with Gasteiger partial charge in [0.15, 0.2) is 0 Å². The van der Waals surface area contributed by atoms with Crippen molar-refractivity contribution in [1.29, 1.82) is 0 Å². The van der Waals surface area contributed by atoms with Crippen LogP contribution in [0.15, 0.2) is 91.0 Å². The van der Waals surface area contributed by atoms with Gasteiger partial charge in [-0.2, -0.15) is 4.57 Å². The Bertz CT molecular complexity index is 1280. The Morgan fingerprint density at radius 3 is 1.55 bits per heavy atom. The average Bonchev–Trinajstić information content (AvgIpc) is 2.73. The van der Waals surface area contributed by atoms with E-state index < -0.39 is 0 Å². The summed E-state index contributed by atoms with van der Waals surface area (Å²) in [5.41, 5.74) is 10.3. The molecule has 0 spiro atoms. The molecule has 0 amide bonds. The van der Waals surface area contributed by atoms with Gasteiger partial charge in [-0.1, -0.05) is 60.2 Å². The molecule has 0 radical (unpaired) electrons. The maximum atomic E-state index is 2.38. The molecule has 0 fully saturated rings. The molecule has 0 aliphatic carbocycles. The van der Waals surface area contributed by atoms with Crippen molar-refractivity contribution in [2.75, 3.05) is 0 Å². The van der Waals surface area contributed by atoms with E-state index in [0.29, 0.717) is 0 Å². The highest BCUT2D eigenvalue weighted by Gasteiger charge is 2.24. The number of hydrogen-bond donors (Lipinski definition) is 0. The maximum absolute atomic E-state index is 2.38. The fourth-order valence-electron chi connectivity index (χ4n) is 4.73. The molecule has 0 N–H and O–H groups in total. The first-order valence-electron chi connectivity index (χ1n) is 10.1. The third-order valence-corrected chi connectivity index (χ3v) is 5.77. The lowest BCUT2D eigenvalue weighted by Gasteiger charge is -2.16. The topological polar surface area (TPSA) is 3.88 Å². The monoisotopic (exact) mass is 374 g/mol. The highest BCUT2D eigenvalue weighted by Crippen LogP contribution is 2.38. The van der Waals surface area contributed by atoms with Gasteiger partial charge in [-0.3, -0.25) is 0 Å². The van der Waals surface area contributed by atoms with Gasteiger partial charge < -0.3 is 0 Å². The Morgan fingerprint density at radius 1 is 0.517 bits per heavy atom. The van der Waals surface area contributed by atoms with Crippen LogP contribution in [-0.2, 0) is 0 Å². The zero-order chi connectivity index (χ0) is 20.0. The Kier molecular flexibility index (Phi) is 4.17. The standard InChI is InChI=1S/C28H24N/c1-19-17-20(2)27(21(3)18-19)28-23-13-7-9-15-25(23)29(22-11-5-4-6-12-22)26-16-10-8-14-24(26)28/h4-18H,1-3H3/q+1. The van der Waals surface area contributed by atoms with Crippen LogP contribution in [0.25, 0.3) is 38.6 Å². The third-order valence-electron chi connectivity index (χ3n) is 5.77. The van der Waals surface area contributed by atoms with E-state index in [9.17, 15) is 0 Å². The van der Waals surface area contributed by atoms with Crippen molar-refractivity contribution in [3.63, 3.8) is 0 Å². The zero-order valence-electron chi connectivity index (χ0n) is 17.1. The largest absolute Gasteiger partial charge is 0.219 e. The smallest absolute Gasteiger partial charge is 0.153 e. The molecule has 0 aliphatic rings. The lowest BCUT2D eigenvalue weighted by atomic mass is 9.89. The second-order valence-electron chi connectivity index (χ2n) is 7.85. The van der Waals surface area contributed by atoms with Crippen molar-refractivity contribution in [2.24, 2.45) is 0 Å². The first-order chi connectivity index (χ1) is 14.1. The summed E-state index contributed by atoms with van der Waals surface area (Å²) in [5, 5.41) is 2.57. The van der Waals surface area contributed by atoms with Crippen LogP contribution >= 0.6 is 0 Å². The minimum absolute atomic E-state index is 1.18. The summed E-state index contributed by atoms with van der Waals surface area (Å²) in [6.07, 6.45) is 0. The number of pyridine rings is 1. The highest BCUT2D eigenvalue weighted by atomic mass is 15.0. The number of aromatic nitrogens is 1. The molecule has 0 bridgehead atoms. The van der Waals surface area contributed by atoms with E-state index in [-0.39, 0.29) is 0 Å². The SMILES string of the molecule is Cc1cc(C)c(-c2c3ccccc3[n+](-c3ccccc3)c3ccccc23)c(C)c1. The summed E-state index contributed by atoms with van der Waals surface area (Å²) >= 11 is 0. The molecule has 1 nitrogen and oxygen atoms in total. The van der Waals surface area contributed by atoms with Crippen molar-refractivity contribution in [1.82, 2.24) is 0 Å². The van der Waals surface area contributed by atoms with Crippen molar-refractivity contribution >= 4 is 21.8 Å². The van der Waals surface area contributed by atoms with Gasteiger partial charge >= 0.3 is 0 Å². The molecule has 0 saturated heterocycles. The molecule has 0 unspecified atom stereocenters. The summed E-state index contributed by atoms with van der Waals surface area (Å²) in [6.45, 7) is 6.64. The predicted octanol–water partition coefficient (Wildman–Crippen LogP) is 6.86. The number of benzene rings is 4. The quantitative estimate of drug-likeness (QED) is 0.235. The predicted molar refractivity (Wildman–Crippen MR) is 123 cm³/mol. The van der Waals surface area contributed by atoms with Gasteiger partial charge in [0.2, 0.25) is 16.7 Å². The molecule has 5 aromatic rings. The van der Waals surface area contributed by atoms with Crippen LogP contribution in [0.3, 0.4) is 0 Å². The normalized spacial score (nSPS) is 11.3. The van der Waals surface area contributed by atoms with Crippen LogP contribution in [0.1, 0.15) is 16.7 Å². The lowest BCUT2D eigenvalue weighted by Crippen LogP contribution is -2.33. The average molecular weight is 375 g/mol. The third kappa shape index (κ3) is 2.82. The molecular formula is C28H24N+. The van der Waals surface area contributed by atoms with Crippen molar-refractivity contribution in [3.8, 4) is 16.8 Å². The maximum Gasteiger partial charge on any atom is 0.219 e.